The number of carbonyl (C=O) groups is 4. The first-order valence-corrected chi connectivity index (χ1v) is 9.09. The van der Waals surface area contributed by atoms with Gasteiger partial charge < -0.3 is 20.3 Å². The molecule has 0 aromatic heterocycles. The number of likely N-dealkylation sites (N-methyl/N-ethyl adjacent to an activating group) is 2. The summed E-state index contributed by atoms with van der Waals surface area (Å²) in [7, 11) is 1.53. The van der Waals surface area contributed by atoms with Crippen molar-refractivity contribution in [3.8, 4) is 5.75 Å². The maximum absolute atomic E-state index is 12.9. The Morgan fingerprint density at radius 2 is 1.86 bits per heavy atom. The van der Waals surface area contributed by atoms with E-state index in [0.29, 0.717) is 17.9 Å². The number of benzene rings is 1. The van der Waals surface area contributed by atoms with Crippen molar-refractivity contribution in [1.29, 1.82) is 0 Å². The van der Waals surface area contributed by atoms with E-state index in [4.69, 9.17) is 4.74 Å². The highest BCUT2D eigenvalue weighted by atomic mass is 16.5. The summed E-state index contributed by atoms with van der Waals surface area (Å²) in [6.45, 7) is 5.29. The van der Waals surface area contributed by atoms with E-state index in [1.54, 1.807) is 45.0 Å². The molecule has 1 heterocycles. The van der Waals surface area contributed by atoms with Gasteiger partial charge in [0.05, 0.1) is 13.7 Å². The standard InChI is InChI=1S/C19H26N4O5/c1-5-20-15(24)11-22(6-2)16(25)12-23-17(26)19(3,21-18(23)27)13-7-9-14(28-4)10-8-13/h7-10H,5-6,11-12H2,1-4H3,(H,20,24)(H,21,27)/t19-/m1/s1. The second kappa shape index (κ2) is 8.73. The maximum Gasteiger partial charge on any atom is 0.325 e. The van der Waals surface area contributed by atoms with Crippen molar-refractivity contribution >= 4 is 23.8 Å². The third-order valence-corrected chi connectivity index (χ3v) is 4.68. The SMILES string of the molecule is CCNC(=O)CN(CC)C(=O)CN1C(=O)N[C@](C)(c2ccc(OC)cc2)C1=O. The van der Waals surface area contributed by atoms with Crippen LogP contribution in [0.25, 0.3) is 0 Å². The van der Waals surface area contributed by atoms with E-state index in [1.807, 2.05) is 0 Å². The van der Waals surface area contributed by atoms with E-state index in [1.165, 1.54) is 12.0 Å². The molecule has 9 heteroatoms. The fourth-order valence-corrected chi connectivity index (χ4v) is 3.00. The molecular formula is C19H26N4O5. The maximum atomic E-state index is 12.9. The summed E-state index contributed by atoms with van der Waals surface area (Å²) in [5.41, 5.74) is -0.698. The number of hydrogen-bond donors (Lipinski definition) is 2. The summed E-state index contributed by atoms with van der Waals surface area (Å²) in [5.74, 6) is -0.667. The van der Waals surface area contributed by atoms with Crippen LogP contribution >= 0.6 is 0 Å². The zero-order valence-electron chi connectivity index (χ0n) is 16.6. The van der Waals surface area contributed by atoms with Gasteiger partial charge in [0.15, 0.2) is 0 Å². The molecule has 2 rings (SSSR count). The van der Waals surface area contributed by atoms with Crippen molar-refractivity contribution in [2.24, 2.45) is 0 Å². The minimum atomic E-state index is -1.28. The van der Waals surface area contributed by atoms with E-state index < -0.39 is 29.9 Å². The lowest BCUT2D eigenvalue weighted by molar-refractivity contribution is -0.140. The number of amides is 5. The Morgan fingerprint density at radius 1 is 1.21 bits per heavy atom. The van der Waals surface area contributed by atoms with Crippen molar-refractivity contribution in [2.75, 3.05) is 33.3 Å². The highest BCUT2D eigenvalue weighted by Crippen LogP contribution is 2.30. The van der Waals surface area contributed by atoms with Crippen LogP contribution in [-0.4, -0.2) is 66.8 Å². The molecule has 1 aromatic carbocycles. The predicted molar refractivity (Wildman–Crippen MR) is 102 cm³/mol. The lowest BCUT2D eigenvalue weighted by atomic mass is 9.92. The first-order valence-electron chi connectivity index (χ1n) is 9.09. The summed E-state index contributed by atoms with van der Waals surface area (Å²) in [6.07, 6.45) is 0. The van der Waals surface area contributed by atoms with Gasteiger partial charge in [-0.15, -0.1) is 0 Å². The van der Waals surface area contributed by atoms with Gasteiger partial charge in [-0.3, -0.25) is 19.3 Å². The Morgan fingerprint density at radius 3 is 2.39 bits per heavy atom. The normalized spacial score (nSPS) is 18.6. The van der Waals surface area contributed by atoms with Gasteiger partial charge >= 0.3 is 6.03 Å². The molecule has 152 valence electrons. The van der Waals surface area contributed by atoms with Gasteiger partial charge in [-0.1, -0.05) is 12.1 Å². The van der Waals surface area contributed by atoms with Crippen molar-refractivity contribution in [3.05, 3.63) is 29.8 Å². The van der Waals surface area contributed by atoms with Gasteiger partial charge in [-0.25, -0.2) is 4.79 Å². The molecule has 28 heavy (non-hydrogen) atoms. The zero-order valence-corrected chi connectivity index (χ0v) is 16.6. The van der Waals surface area contributed by atoms with Gasteiger partial charge in [-0.2, -0.15) is 0 Å². The molecule has 1 saturated heterocycles. The van der Waals surface area contributed by atoms with Crippen LogP contribution in [0.1, 0.15) is 26.3 Å². The molecule has 5 amide bonds. The average molecular weight is 390 g/mol. The largest absolute Gasteiger partial charge is 0.497 e. The fourth-order valence-electron chi connectivity index (χ4n) is 3.00. The number of hydrogen-bond acceptors (Lipinski definition) is 5. The summed E-state index contributed by atoms with van der Waals surface area (Å²) in [6, 6.07) is 6.12. The summed E-state index contributed by atoms with van der Waals surface area (Å²) >= 11 is 0. The topological polar surface area (TPSA) is 108 Å². The molecule has 0 saturated carbocycles. The summed E-state index contributed by atoms with van der Waals surface area (Å²) < 4.78 is 5.11. The highest BCUT2D eigenvalue weighted by molar-refractivity contribution is 6.09. The monoisotopic (exact) mass is 390 g/mol. The molecule has 1 aromatic rings. The molecule has 0 bridgehead atoms. The minimum absolute atomic E-state index is 0.122. The first-order chi connectivity index (χ1) is 13.3. The van der Waals surface area contributed by atoms with Crippen LogP contribution in [0, 0.1) is 0 Å². The Bertz CT molecular complexity index is 764. The van der Waals surface area contributed by atoms with Crippen molar-refractivity contribution < 1.29 is 23.9 Å². The molecule has 1 aliphatic heterocycles. The number of rotatable bonds is 8. The zero-order chi connectivity index (χ0) is 20.9. The average Bonchev–Trinajstić information content (AvgIpc) is 2.90. The van der Waals surface area contributed by atoms with Crippen LogP contribution in [-0.2, 0) is 19.9 Å². The minimum Gasteiger partial charge on any atom is -0.497 e. The predicted octanol–water partition coefficient (Wildman–Crippen LogP) is 0.447. The fraction of sp³-hybridized carbons (Fsp3) is 0.474. The smallest absolute Gasteiger partial charge is 0.325 e. The molecule has 0 aliphatic carbocycles. The quantitative estimate of drug-likeness (QED) is 0.627. The first kappa shape index (κ1) is 21.2. The molecular weight excluding hydrogens is 364 g/mol. The number of nitrogens with one attached hydrogen (secondary N) is 2. The third kappa shape index (κ3) is 4.24. The van der Waals surface area contributed by atoms with Crippen LogP contribution in [0.4, 0.5) is 4.79 Å². The Hall–Kier alpha value is -3.10. The number of methoxy groups -OCH3 is 1. The molecule has 9 nitrogen and oxygen atoms in total. The van der Waals surface area contributed by atoms with E-state index in [9.17, 15) is 19.2 Å². The van der Waals surface area contributed by atoms with Gasteiger partial charge in [0.1, 0.15) is 17.8 Å². The molecule has 1 atom stereocenters. The van der Waals surface area contributed by atoms with Gasteiger partial charge in [0, 0.05) is 13.1 Å². The molecule has 0 radical (unpaired) electrons. The molecule has 2 N–H and O–H groups in total. The number of urea groups is 1. The van der Waals surface area contributed by atoms with Crippen molar-refractivity contribution in [3.63, 3.8) is 0 Å². The Balaban J connectivity index is 2.13. The van der Waals surface area contributed by atoms with Gasteiger partial charge in [0.2, 0.25) is 11.8 Å². The number of imide groups is 1. The van der Waals surface area contributed by atoms with Gasteiger partial charge in [0.25, 0.3) is 5.91 Å². The van der Waals surface area contributed by atoms with Crippen LogP contribution in [0.5, 0.6) is 5.75 Å². The van der Waals surface area contributed by atoms with E-state index in [2.05, 4.69) is 10.6 Å². The summed E-state index contributed by atoms with van der Waals surface area (Å²) in [4.78, 5) is 51.8. The Kier molecular flexibility index (Phi) is 6.61. The molecule has 0 unspecified atom stereocenters. The van der Waals surface area contributed by atoms with Crippen molar-refractivity contribution in [1.82, 2.24) is 20.4 Å². The van der Waals surface area contributed by atoms with Crippen molar-refractivity contribution in [2.45, 2.75) is 26.3 Å². The van der Waals surface area contributed by atoms with Gasteiger partial charge in [-0.05, 0) is 38.5 Å². The Labute approximate surface area is 164 Å². The molecule has 1 fully saturated rings. The third-order valence-electron chi connectivity index (χ3n) is 4.68. The lowest BCUT2D eigenvalue weighted by Crippen LogP contribution is -2.47. The molecule has 0 spiro atoms. The second-order valence-electron chi connectivity index (χ2n) is 6.54. The van der Waals surface area contributed by atoms with E-state index in [0.717, 1.165) is 4.90 Å². The number of ether oxygens (including phenoxy) is 1. The van der Waals surface area contributed by atoms with Crippen LogP contribution in [0.15, 0.2) is 24.3 Å². The van der Waals surface area contributed by atoms with Crippen LogP contribution < -0.4 is 15.4 Å². The molecule has 1 aliphatic rings. The lowest BCUT2D eigenvalue weighted by Gasteiger charge is -2.24. The van der Waals surface area contributed by atoms with Crippen LogP contribution in [0.2, 0.25) is 0 Å². The second-order valence-corrected chi connectivity index (χ2v) is 6.54. The highest BCUT2D eigenvalue weighted by Gasteiger charge is 2.49. The van der Waals surface area contributed by atoms with E-state index >= 15 is 0 Å². The summed E-state index contributed by atoms with van der Waals surface area (Å²) in [5, 5.41) is 5.27. The number of carbonyl (C=O) groups excluding carboxylic acids is 4. The van der Waals surface area contributed by atoms with E-state index in [-0.39, 0.29) is 19.0 Å². The number of nitrogens with zero attached hydrogens (tertiary/aromatic N) is 2. The van der Waals surface area contributed by atoms with Crippen LogP contribution in [0.3, 0.4) is 0 Å².